The Hall–Kier alpha value is -1.01. The molecule has 4 heteroatoms. The second-order valence-electron chi connectivity index (χ2n) is 3.60. The maximum Gasteiger partial charge on any atom is 0.138 e. The fourth-order valence-corrected chi connectivity index (χ4v) is 1.89. The van der Waals surface area contributed by atoms with Gasteiger partial charge in [0.15, 0.2) is 0 Å². The quantitative estimate of drug-likeness (QED) is 0.572. The van der Waals surface area contributed by atoms with Gasteiger partial charge >= 0.3 is 0 Å². The Balaban J connectivity index is 2.71. The molecule has 0 spiro atoms. The van der Waals surface area contributed by atoms with Crippen molar-refractivity contribution >= 4 is 11.6 Å². The van der Waals surface area contributed by atoms with Crippen LogP contribution in [0.3, 0.4) is 0 Å². The third-order valence-corrected chi connectivity index (χ3v) is 2.74. The van der Waals surface area contributed by atoms with E-state index < -0.39 is 0 Å². The molecule has 0 radical (unpaired) electrons. The van der Waals surface area contributed by atoms with E-state index in [0.717, 1.165) is 36.3 Å². The van der Waals surface area contributed by atoms with Gasteiger partial charge < -0.3 is 4.52 Å². The average molecular weight is 227 g/mol. The van der Waals surface area contributed by atoms with Crippen LogP contribution in [0.5, 0.6) is 0 Å². The van der Waals surface area contributed by atoms with E-state index in [9.17, 15) is 0 Å². The molecule has 82 valence electrons. The van der Waals surface area contributed by atoms with Crippen LogP contribution in [0.25, 0.3) is 0 Å². The summed E-state index contributed by atoms with van der Waals surface area (Å²) in [5.41, 5.74) is 1.77. The standard InChI is InChI=1S/C11H15ClN2O/c1-8-11(9(2)15-14-8)10(7-13)5-3-4-6-12/h10H,3-6H2,1-2H3. The van der Waals surface area contributed by atoms with Gasteiger partial charge in [-0.2, -0.15) is 5.26 Å². The molecular formula is C11H15ClN2O. The van der Waals surface area contributed by atoms with Gasteiger partial charge in [-0.15, -0.1) is 11.6 Å². The van der Waals surface area contributed by atoms with Gasteiger partial charge in [0.2, 0.25) is 0 Å². The lowest BCUT2D eigenvalue weighted by Gasteiger charge is -2.07. The molecule has 1 atom stereocenters. The van der Waals surface area contributed by atoms with Gasteiger partial charge in [0.05, 0.1) is 17.7 Å². The minimum Gasteiger partial charge on any atom is -0.361 e. The highest BCUT2D eigenvalue weighted by atomic mass is 35.5. The molecule has 0 fully saturated rings. The topological polar surface area (TPSA) is 49.8 Å². The molecule has 0 aliphatic heterocycles. The maximum atomic E-state index is 9.09. The summed E-state index contributed by atoms with van der Waals surface area (Å²) in [5, 5.41) is 13.0. The van der Waals surface area contributed by atoms with Crippen LogP contribution >= 0.6 is 11.6 Å². The normalized spacial score (nSPS) is 12.4. The summed E-state index contributed by atoms with van der Waals surface area (Å²) in [4.78, 5) is 0. The number of nitrogens with zero attached hydrogens (tertiary/aromatic N) is 2. The van der Waals surface area contributed by atoms with Crippen LogP contribution in [-0.2, 0) is 0 Å². The van der Waals surface area contributed by atoms with Crippen LogP contribution in [0.2, 0.25) is 0 Å². The van der Waals surface area contributed by atoms with Crippen molar-refractivity contribution in [2.24, 2.45) is 0 Å². The molecular weight excluding hydrogens is 212 g/mol. The lowest BCUT2D eigenvalue weighted by atomic mass is 9.94. The van der Waals surface area contributed by atoms with Crippen molar-refractivity contribution in [3.05, 3.63) is 17.0 Å². The molecule has 0 amide bonds. The zero-order valence-electron chi connectivity index (χ0n) is 9.09. The average Bonchev–Trinajstić information content (AvgIpc) is 2.55. The lowest BCUT2D eigenvalue weighted by molar-refractivity contribution is 0.391. The monoisotopic (exact) mass is 226 g/mol. The minimum absolute atomic E-state index is 0.112. The van der Waals surface area contributed by atoms with Crippen molar-refractivity contribution in [3.8, 4) is 6.07 Å². The smallest absolute Gasteiger partial charge is 0.138 e. The van der Waals surface area contributed by atoms with Crippen molar-refractivity contribution in [2.75, 3.05) is 5.88 Å². The summed E-state index contributed by atoms with van der Waals surface area (Å²) >= 11 is 5.60. The largest absolute Gasteiger partial charge is 0.361 e. The van der Waals surface area contributed by atoms with E-state index in [-0.39, 0.29) is 5.92 Å². The van der Waals surface area contributed by atoms with E-state index >= 15 is 0 Å². The van der Waals surface area contributed by atoms with Gasteiger partial charge in [-0.3, -0.25) is 0 Å². The molecule has 0 N–H and O–H groups in total. The van der Waals surface area contributed by atoms with Crippen LogP contribution in [-0.4, -0.2) is 11.0 Å². The Morgan fingerprint density at radius 1 is 1.47 bits per heavy atom. The molecule has 3 nitrogen and oxygen atoms in total. The Kier molecular flexibility index (Phi) is 4.64. The van der Waals surface area contributed by atoms with Crippen molar-refractivity contribution in [3.63, 3.8) is 0 Å². The Morgan fingerprint density at radius 2 is 2.20 bits per heavy atom. The fourth-order valence-electron chi connectivity index (χ4n) is 1.70. The number of halogens is 1. The number of unbranched alkanes of at least 4 members (excludes halogenated alkanes) is 1. The number of aromatic nitrogens is 1. The third kappa shape index (κ3) is 2.97. The summed E-state index contributed by atoms with van der Waals surface area (Å²) in [6.45, 7) is 3.72. The number of alkyl halides is 1. The number of hydrogen-bond acceptors (Lipinski definition) is 3. The molecule has 0 aliphatic rings. The van der Waals surface area contributed by atoms with Gasteiger partial charge in [0, 0.05) is 11.4 Å². The van der Waals surface area contributed by atoms with Gasteiger partial charge in [-0.25, -0.2) is 0 Å². The lowest BCUT2D eigenvalue weighted by Crippen LogP contribution is -1.99. The highest BCUT2D eigenvalue weighted by Crippen LogP contribution is 2.27. The molecule has 0 saturated heterocycles. The molecule has 1 aromatic rings. The van der Waals surface area contributed by atoms with Crippen LogP contribution in [0.1, 0.15) is 42.2 Å². The molecule has 1 unspecified atom stereocenters. The van der Waals surface area contributed by atoms with Crippen LogP contribution in [0, 0.1) is 25.2 Å². The van der Waals surface area contributed by atoms with Crippen LogP contribution < -0.4 is 0 Å². The predicted molar refractivity (Wildman–Crippen MR) is 58.9 cm³/mol. The molecule has 1 aromatic heterocycles. The zero-order chi connectivity index (χ0) is 11.3. The van der Waals surface area contributed by atoms with E-state index in [1.807, 2.05) is 13.8 Å². The van der Waals surface area contributed by atoms with Crippen molar-refractivity contribution < 1.29 is 4.52 Å². The van der Waals surface area contributed by atoms with Gasteiger partial charge in [0.25, 0.3) is 0 Å². The molecule has 1 rings (SSSR count). The van der Waals surface area contributed by atoms with Crippen molar-refractivity contribution in [1.29, 1.82) is 5.26 Å². The van der Waals surface area contributed by atoms with Gasteiger partial charge in [-0.05, 0) is 26.7 Å². The van der Waals surface area contributed by atoms with E-state index in [0.29, 0.717) is 5.88 Å². The molecule has 15 heavy (non-hydrogen) atoms. The summed E-state index contributed by atoms with van der Waals surface area (Å²) in [7, 11) is 0. The first-order chi connectivity index (χ1) is 7.20. The summed E-state index contributed by atoms with van der Waals surface area (Å²) in [6, 6.07) is 2.30. The van der Waals surface area contributed by atoms with E-state index in [1.165, 1.54) is 0 Å². The Labute approximate surface area is 95.0 Å². The summed E-state index contributed by atoms with van der Waals surface area (Å²) in [5.74, 6) is 1.30. The number of rotatable bonds is 5. The van der Waals surface area contributed by atoms with Crippen LogP contribution in [0.15, 0.2) is 4.52 Å². The second kappa shape index (κ2) is 5.77. The Morgan fingerprint density at radius 3 is 2.67 bits per heavy atom. The molecule has 0 bridgehead atoms. The molecule has 1 heterocycles. The number of nitriles is 1. The van der Waals surface area contributed by atoms with E-state index in [1.54, 1.807) is 0 Å². The highest BCUT2D eigenvalue weighted by molar-refractivity contribution is 6.17. The van der Waals surface area contributed by atoms with Crippen molar-refractivity contribution in [1.82, 2.24) is 5.16 Å². The zero-order valence-corrected chi connectivity index (χ0v) is 9.84. The van der Waals surface area contributed by atoms with Gasteiger partial charge in [0.1, 0.15) is 5.76 Å². The number of aryl methyl sites for hydroxylation is 2. The first kappa shape index (κ1) is 12.1. The van der Waals surface area contributed by atoms with Gasteiger partial charge in [-0.1, -0.05) is 11.6 Å². The molecule has 0 saturated carbocycles. The molecule has 0 aromatic carbocycles. The van der Waals surface area contributed by atoms with E-state index in [2.05, 4.69) is 11.2 Å². The molecule has 0 aliphatic carbocycles. The summed E-state index contributed by atoms with van der Waals surface area (Å²) < 4.78 is 5.06. The fraction of sp³-hybridized carbons (Fsp3) is 0.636. The highest BCUT2D eigenvalue weighted by Gasteiger charge is 2.19. The van der Waals surface area contributed by atoms with E-state index in [4.69, 9.17) is 21.4 Å². The SMILES string of the molecule is Cc1noc(C)c1C(C#N)CCCCCl. The number of hydrogen-bond donors (Lipinski definition) is 0. The van der Waals surface area contributed by atoms with Crippen molar-refractivity contribution in [2.45, 2.75) is 39.0 Å². The maximum absolute atomic E-state index is 9.09. The van der Waals surface area contributed by atoms with Crippen LogP contribution in [0.4, 0.5) is 0 Å². The summed E-state index contributed by atoms with van der Waals surface area (Å²) in [6.07, 6.45) is 2.74. The predicted octanol–water partition coefficient (Wildman–Crippen LogP) is 3.31. The third-order valence-electron chi connectivity index (χ3n) is 2.47. The first-order valence-electron chi connectivity index (χ1n) is 5.09. The Bertz CT molecular complexity index is 334. The second-order valence-corrected chi connectivity index (χ2v) is 3.98. The minimum atomic E-state index is -0.112. The first-order valence-corrected chi connectivity index (χ1v) is 5.62.